The van der Waals surface area contributed by atoms with E-state index >= 15 is 0 Å². The number of hydrogen-bond donors (Lipinski definition) is 1. The minimum atomic E-state index is -3.71. The first-order chi connectivity index (χ1) is 11.2. The molecule has 0 radical (unpaired) electrons. The van der Waals surface area contributed by atoms with E-state index in [1.165, 1.54) is 22.5 Å². The summed E-state index contributed by atoms with van der Waals surface area (Å²) in [7, 11) is 0.218. The second kappa shape index (κ2) is 11.0. The highest BCUT2D eigenvalue weighted by Crippen LogP contribution is 2.25. The summed E-state index contributed by atoms with van der Waals surface area (Å²) in [6.45, 7) is 5.60. The highest BCUT2D eigenvalue weighted by Gasteiger charge is 2.25. The molecule has 1 rings (SSSR count). The minimum Gasteiger partial charge on any atom is -1.00 e. The maximum atomic E-state index is 12.6. The predicted octanol–water partition coefficient (Wildman–Crippen LogP) is -0.944. The van der Waals surface area contributed by atoms with Gasteiger partial charge >= 0.3 is 0 Å². The molecule has 1 aromatic carbocycles. The Morgan fingerprint density at radius 3 is 2.32 bits per heavy atom. The maximum absolute atomic E-state index is 12.6. The van der Waals surface area contributed by atoms with E-state index in [1.54, 1.807) is 13.8 Å². The van der Waals surface area contributed by atoms with Crippen molar-refractivity contribution >= 4 is 27.5 Å². The van der Waals surface area contributed by atoms with Crippen LogP contribution in [0.25, 0.3) is 0 Å². The van der Waals surface area contributed by atoms with Gasteiger partial charge < -0.3 is 22.6 Å². The molecule has 9 heteroatoms. The number of halogens is 2. The van der Waals surface area contributed by atoms with E-state index in [1.807, 2.05) is 19.0 Å². The molecule has 1 aromatic rings. The van der Waals surface area contributed by atoms with E-state index in [2.05, 4.69) is 5.32 Å². The molecule has 0 aliphatic carbocycles. The minimum absolute atomic E-state index is 0. The molecular formula is C16H26Cl2N3O3S-. The fourth-order valence-corrected chi connectivity index (χ4v) is 4.20. The largest absolute Gasteiger partial charge is 1.00 e. The van der Waals surface area contributed by atoms with Crippen LogP contribution in [0, 0.1) is 0 Å². The second-order valence-electron chi connectivity index (χ2n) is 5.65. The van der Waals surface area contributed by atoms with Crippen LogP contribution in [0.15, 0.2) is 23.1 Å². The lowest BCUT2D eigenvalue weighted by Gasteiger charge is -2.19. The van der Waals surface area contributed by atoms with Crippen LogP contribution in [0.4, 0.5) is 0 Å². The number of carbonyl (C=O) groups is 1. The summed E-state index contributed by atoms with van der Waals surface area (Å²) < 4.78 is 26.6. The summed E-state index contributed by atoms with van der Waals surface area (Å²) in [6.07, 6.45) is 0.816. The Hall–Kier alpha value is -0.860. The summed E-state index contributed by atoms with van der Waals surface area (Å²) in [5, 5.41) is 2.91. The third-order valence-corrected chi connectivity index (χ3v) is 6.12. The van der Waals surface area contributed by atoms with E-state index in [4.69, 9.17) is 11.6 Å². The molecule has 0 spiro atoms. The van der Waals surface area contributed by atoms with Crippen molar-refractivity contribution in [1.82, 2.24) is 14.5 Å². The van der Waals surface area contributed by atoms with Crippen LogP contribution in [0.5, 0.6) is 0 Å². The van der Waals surface area contributed by atoms with Crippen molar-refractivity contribution in [2.75, 3.05) is 40.3 Å². The van der Waals surface area contributed by atoms with E-state index in [0.717, 1.165) is 13.0 Å². The van der Waals surface area contributed by atoms with Crippen molar-refractivity contribution in [3.8, 4) is 0 Å². The third kappa shape index (κ3) is 6.75. The van der Waals surface area contributed by atoms with Gasteiger partial charge in [-0.05, 0) is 45.3 Å². The van der Waals surface area contributed by atoms with Crippen molar-refractivity contribution in [1.29, 1.82) is 0 Å². The molecule has 0 aliphatic heterocycles. The first kappa shape index (κ1) is 24.1. The van der Waals surface area contributed by atoms with Gasteiger partial charge in [-0.15, -0.1) is 0 Å². The molecule has 0 atom stereocenters. The monoisotopic (exact) mass is 410 g/mol. The second-order valence-corrected chi connectivity index (χ2v) is 7.96. The normalized spacial score (nSPS) is 11.5. The molecule has 144 valence electrons. The van der Waals surface area contributed by atoms with Crippen LogP contribution in [0.1, 0.15) is 30.6 Å². The van der Waals surface area contributed by atoms with Gasteiger partial charge in [-0.1, -0.05) is 25.4 Å². The standard InChI is InChI=1S/C16H26ClN3O3S.ClH/c1-5-20(6-2)24(22,23)15-12-13(8-9-14(15)17)16(21)18-10-7-11-19(3)4;/h8-9,12H,5-7,10-11H2,1-4H3,(H,18,21);1H/p-1. The Morgan fingerprint density at radius 2 is 1.80 bits per heavy atom. The topological polar surface area (TPSA) is 69.7 Å². The summed E-state index contributed by atoms with van der Waals surface area (Å²) in [4.78, 5) is 14.2. The molecular weight excluding hydrogens is 385 g/mol. The van der Waals surface area contributed by atoms with Crippen molar-refractivity contribution in [2.24, 2.45) is 0 Å². The predicted molar refractivity (Wildman–Crippen MR) is 97.1 cm³/mol. The lowest BCUT2D eigenvalue weighted by molar-refractivity contribution is -0.0000161. The van der Waals surface area contributed by atoms with Crippen LogP contribution in [-0.2, 0) is 10.0 Å². The van der Waals surface area contributed by atoms with Crippen LogP contribution >= 0.6 is 11.6 Å². The number of nitrogens with zero attached hydrogens (tertiary/aromatic N) is 2. The average molecular weight is 411 g/mol. The Kier molecular flexibility index (Phi) is 10.6. The zero-order chi connectivity index (χ0) is 18.3. The van der Waals surface area contributed by atoms with E-state index < -0.39 is 10.0 Å². The molecule has 0 bridgehead atoms. The zero-order valence-electron chi connectivity index (χ0n) is 15.1. The first-order valence-electron chi connectivity index (χ1n) is 7.96. The molecule has 0 fully saturated rings. The Balaban J connectivity index is 0.00000576. The Morgan fingerprint density at radius 1 is 1.20 bits per heavy atom. The maximum Gasteiger partial charge on any atom is 0.251 e. The Bertz CT molecular complexity index is 663. The molecule has 0 heterocycles. The lowest BCUT2D eigenvalue weighted by atomic mass is 10.2. The quantitative estimate of drug-likeness (QED) is 0.533. The van der Waals surface area contributed by atoms with E-state index in [-0.39, 0.29) is 33.8 Å². The molecule has 0 aliphatic rings. The summed E-state index contributed by atoms with van der Waals surface area (Å²) in [6, 6.07) is 4.33. The van der Waals surface area contributed by atoms with Crippen LogP contribution < -0.4 is 17.7 Å². The van der Waals surface area contributed by atoms with Gasteiger partial charge in [0.05, 0.1) is 5.02 Å². The van der Waals surface area contributed by atoms with E-state index in [9.17, 15) is 13.2 Å². The van der Waals surface area contributed by atoms with Gasteiger partial charge in [-0.3, -0.25) is 4.79 Å². The van der Waals surface area contributed by atoms with Crippen molar-refractivity contribution in [3.05, 3.63) is 28.8 Å². The molecule has 0 saturated heterocycles. The number of amides is 1. The molecule has 0 unspecified atom stereocenters. The van der Waals surface area contributed by atoms with Crippen molar-refractivity contribution in [2.45, 2.75) is 25.2 Å². The molecule has 0 saturated carbocycles. The van der Waals surface area contributed by atoms with Gasteiger partial charge in [0, 0.05) is 25.2 Å². The third-order valence-electron chi connectivity index (χ3n) is 3.58. The van der Waals surface area contributed by atoms with Crippen LogP contribution in [0.2, 0.25) is 5.02 Å². The summed E-state index contributed by atoms with van der Waals surface area (Å²) >= 11 is 6.06. The number of carbonyl (C=O) groups excluding carboxylic acids is 1. The molecule has 6 nitrogen and oxygen atoms in total. The smallest absolute Gasteiger partial charge is 0.251 e. The molecule has 1 amide bonds. The summed E-state index contributed by atoms with van der Waals surface area (Å²) in [5.74, 6) is -0.304. The van der Waals surface area contributed by atoms with E-state index in [0.29, 0.717) is 19.6 Å². The SMILES string of the molecule is CCN(CC)S(=O)(=O)c1cc(C(=O)NCCCN(C)C)ccc1Cl.[Cl-]. The van der Waals surface area contributed by atoms with Crippen molar-refractivity contribution < 1.29 is 25.6 Å². The van der Waals surface area contributed by atoms with Gasteiger partial charge in [-0.25, -0.2) is 8.42 Å². The van der Waals surface area contributed by atoms with Gasteiger partial charge in [-0.2, -0.15) is 4.31 Å². The fraction of sp³-hybridized carbons (Fsp3) is 0.562. The molecule has 25 heavy (non-hydrogen) atoms. The highest BCUT2D eigenvalue weighted by molar-refractivity contribution is 7.89. The fourth-order valence-electron chi connectivity index (χ4n) is 2.24. The number of hydrogen-bond acceptors (Lipinski definition) is 4. The van der Waals surface area contributed by atoms with Crippen LogP contribution in [0.3, 0.4) is 0 Å². The van der Waals surface area contributed by atoms with Gasteiger partial charge in [0.25, 0.3) is 5.91 Å². The number of sulfonamides is 1. The van der Waals surface area contributed by atoms with Gasteiger partial charge in [0.15, 0.2) is 0 Å². The van der Waals surface area contributed by atoms with Crippen LogP contribution in [-0.4, -0.2) is 63.8 Å². The van der Waals surface area contributed by atoms with Crippen molar-refractivity contribution in [3.63, 3.8) is 0 Å². The highest BCUT2D eigenvalue weighted by atomic mass is 35.5. The number of benzene rings is 1. The van der Waals surface area contributed by atoms with Gasteiger partial charge in [0.2, 0.25) is 10.0 Å². The Labute approximate surface area is 162 Å². The molecule has 1 N–H and O–H groups in total. The first-order valence-corrected chi connectivity index (χ1v) is 9.78. The number of nitrogens with one attached hydrogen (secondary N) is 1. The summed E-state index contributed by atoms with van der Waals surface area (Å²) in [5.41, 5.74) is 0.287. The lowest BCUT2D eigenvalue weighted by Crippen LogP contribution is -3.00. The average Bonchev–Trinajstić information content (AvgIpc) is 2.52. The number of rotatable bonds is 9. The zero-order valence-corrected chi connectivity index (χ0v) is 17.4. The van der Waals surface area contributed by atoms with Gasteiger partial charge in [0.1, 0.15) is 4.90 Å². The molecule has 0 aromatic heterocycles.